The second-order valence-electron chi connectivity index (χ2n) is 5.72. The first-order valence-corrected chi connectivity index (χ1v) is 6.93. The van der Waals surface area contributed by atoms with Gasteiger partial charge in [0.05, 0.1) is 0 Å². The smallest absolute Gasteiger partial charge is 0.112 e. The van der Waals surface area contributed by atoms with Crippen molar-refractivity contribution < 1.29 is 0 Å². The lowest BCUT2D eigenvalue weighted by Crippen LogP contribution is -2.21. The molecule has 2 rings (SSSR count). The second-order valence-corrected chi connectivity index (χ2v) is 5.72. The lowest BCUT2D eigenvalue weighted by Gasteiger charge is -2.19. The highest BCUT2D eigenvalue weighted by Crippen LogP contribution is 2.31. The molecule has 1 aliphatic heterocycles. The van der Waals surface area contributed by atoms with Gasteiger partial charge in [0.25, 0.3) is 0 Å². The molecule has 1 aromatic rings. The fourth-order valence-electron chi connectivity index (χ4n) is 2.94. The van der Waals surface area contributed by atoms with Crippen molar-refractivity contribution in [3.05, 3.63) is 58.4 Å². The lowest BCUT2D eigenvalue weighted by molar-refractivity contribution is 1.15. The van der Waals surface area contributed by atoms with Crippen molar-refractivity contribution >= 4 is 13.4 Å². The van der Waals surface area contributed by atoms with Gasteiger partial charge in [-0.2, -0.15) is 0 Å². The van der Waals surface area contributed by atoms with E-state index in [1.807, 2.05) is 0 Å². The van der Waals surface area contributed by atoms with Crippen LogP contribution in [0.25, 0.3) is 0 Å². The Hall–Kier alpha value is -1.17. The van der Waals surface area contributed by atoms with Crippen molar-refractivity contribution in [2.45, 2.75) is 40.2 Å². The van der Waals surface area contributed by atoms with E-state index in [4.69, 9.17) is 0 Å². The number of allylic oxidation sites excluding steroid dienone is 4. The third-order valence-electron chi connectivity index (χ3n) is 4.80. The Morgan fingerprint density at radius 2 is 1.50 bits per heavy atom. The van der Waals surface area contributed by atoms with E-state index < -0.39 is 0 Å². The number of rotatable bonds is 1. The quantitative estimate of drug-likeness (QED) is 0.631. The molecule has 0 saturated heterocycles. The Morgan fingerprint density at radius 1 is 0.889 bits per heavy atom. The van der Waals surface area contributed by atoms with Crippen molar-refractivity contribution in [3.8, 4) is 0 Å². The molecule has 1 heterocycles. The minimum absolute atomic E-state index is 0.520. The molecule has 0 N–H and O–H groups in total. The van der Waals surface area contributed by atoms with E-state index in [1.54, 1.807) is 10.9 Å². The van der Waals surface area contributed by atoms with Crippen LogP contribution in [0.15, 0.2) is 52.8 Å². The topological polar surface area (TPSA) is 0 Å². The molecule has 0 spiro atoms. The zero-order valence-corrected chi connectivity index (χ0v) is 12.2. The van der Waals surface area contributed by atoms with Crippen LogP contribution in [-0.4, -0.2) is 13.4 Å². The van der Waals surface area contributed by atoms with Crippen molar-refractivity contribution in [2.75, 3.05) is 0 Å². The number of benzene rings is 1. The van der Waals surface area contributed by atoms with Gasteiger partial charge in [0, 0.05) is 0 Å². The van der Waals surface area contributed by atoms with Gasteiger partial charge in [0.15, 0.2) is 13.4 Å². The Balaban J connectivity index is 2.49. The fraction of sp³-hybridized carbons (Fsp3) is 0.375. The molecule has 18 heavy (non-hydrogen) atoms. The van der Waals surface area contributed by atoms with Gasteiger partial charge in [0.1, 0.15) is 0 Å². The molecule has 1 unspecified atom stereocenters. The molecule has 1 aliphatic rings. The first kappa shape index (κ1) is 13.3. The summed E-state index contributed by atoms with van der Waals surface area (Å²) in [7, 11) is 0. The summed E-state index contributed by atoms with van der Waals surface area (Å²) in [5, 5.41) is 0. The van der Waals surface area contributed by atoms with Gasteiger partial charge < -0.3 is 0 Å². The van der Waals surface area contributed by atoms with Crippen LogP contribution in [0, 0.1) is 0 Å². The van der Waals surface area contributed by atoms with Crippen LogP contribution in [-0.2, 0) is 0 Å². The lowest BCUT2D eigenvalue weighted by atomic mass is 9.35. The predicted octanol–water partition coefficient (Wildman–Crippen LogP) is 4.47. The van der Waals surface area contributed by atoms with Crippen LogP contribution < -0.4 is 0 Å². The average Bonchev–Trinajstić information content (AvgIpc) is 2.47. The predicted molar refractivity (Wildman–Crippen MR) is 84.6 cm³/mol. The van der Waals surface area contributed by atoms with Crippen molar-refractivity contribution in [2.24, 2.45) is 0 Å². The van der Waals surface area contributed by atoms with Gasteiger partial charge in [-0.05, 0) is 11.4 Å². The number of hydrogen-bond acceptors (Lipinski definition) is 0. The van der Waals surface area contributed by atoms with Crippen LogP contribution >= 0.6 is 0 Å². The van der Waals surface area contributed by atoms with E-state index in [-0.39, 0.29) is 0 Å². The fourth-order valence-corrected chi connectivity index (χ4v) is 2.94. The van der Waals surface area contributed by atoms with Gasteiger partial charge in [-0.3, -0.25) is 0 Å². The summed E-state index contributed by atoms with van der Waals surface area (Å²) in [6, 6.07) is 10.9. The van der Waals surface area contributed by atoms with Crippen LogP contribution in [0.5, 0.6) is 0 Å². The Labute approximate surface area is 112 Å². The minimum atomic E-state index is 0.520. The highest BCUT2D eigenvalue weighted by Gasteiger charge is 2.29. The molecular formula is C16H22B2. The van der Waals surface area contributed by atoms with Crippen LogP contribution in [0.2, 0.25) is 13.6 Å². The molecule has 0 amide bonds. The number of hydrogen-bond donors (Lipinski definition) is 0. The van der Waals surface area contributed by atoms with E-state index in [9.17, 15) is 0 Å². The summed E-state index contributed by atoms with van der Waals surface area (Å²) in [4.78, 5) is 0. The van der Waals surface area contributed by atoms with E-state index in [2.05, 4.69) is 70.8 Å². The maximum atomic E-state index is 2.48. The maximum Gasteiger partial charge on any atom is 0.194 e. The first-order valence-electron chi connectivity index (χ1n) is 6.93. The molecule has 0 radical (unpaired) electrons. The molecule has 0 saturated carbocycles. The summed E-state index contributed by atoms with van der Waals surface area (Å²) < 4.78 is 0. The van der Waals surface area contributed by atoms with Crippen LogP contribution in [0.1, 0.15) is 32.2 Å². The molecule has 0 fully saturated rings. The summed E-state index contributed by atoms with van der Waals surface area (Å²) in [5.74, 6) is 0.520. The molecule has 0 aromatic heterocycles. The normalized spacial score (nSPS) is 20.9. The molecule has 92 valence electrons. The third kappa shape index (κ3) is 2.34. The largest absolute Gasteiger partial charge is 0.194 e. The zero-order valence-electron chi connectivity index (χ0n) is 12.2. The molecule has 0 aliphatic carbocycles. The summed E-state index contributed by atoms with van der Waals surface area (Å²) in [5.41, 5.74) is 6.05. The zero-order chi connectivity index (χ0) is 13.3. The summed E-state index contributed by atoms with van der Waals surface area (Å²) in [6.45, 7) is 12.7. The second kappa shape index (κ2) is 5.22. The molecule has 1 aromatic carbocycles. The summed E-state index contributed by atoms with van der Waals surface area (Å²) in [6.07, 6.45) is 2.48. The monoisotopic (exact) mass is 236 g/mol. The third-order valence-corrected chi connectivity index (χ3v) is 4.80. The van der Waals surface area contributed by atoms with Crippen molar-refractivity contribution in [1.29, 1.82) is 0 Å². The van der Waals surface area contributed by atoms with E-state index in [0.29, 0.717) is 19.2 Å². The molecule has 1 atom stereocenters. The van der Waals surface area contributed by atoms with Gasteiger partial charge >= 0.3 is 0 Å². The Bertz CT molecular complexity index is 485. The molecule has 0 nitrogen and oxygen atoms in total. The van der Waals surface area contributed by atoms with Gasteiger partial charge in [-0.1, -0.05) is 70.8 Å². The van der Waals surface area contributed by atoms with Gasteiger partial charge in [-0.15, -0.1) is 16.4 Å². The van der Waals surface area contributed by atoms with E-state index in [0.717, 1.165) is 0 Å². The first-order chi connectivity index (χ1) is 8.52. The van der Waals surface area contributed by atoms with E-state index in [1.165, 1.54) is 11.0 Å². The van der Waals surface area contributed by atoms with Gasteiger partial charge in [0.2, 0.25) is 0 Å². The minimum Gasteiger partial charge on any atom is -0.112 e. The maximum absolute atomic E-state index is 2.48. The van der Waals surface area contributed by atoms with E-state index >= 15 is 0 Å². The highest BCUT2D eigenvalue weighted by molar-refractivity contribution is 6.78. The Kier molecular flexibility index (Phi) is 3.85. The molecule has 2 heteroatoms. The Morgan fingerprint density at radius 3 is 2.11 bits per heavy atom. The van der Waals surface area contributed by atoms with Crippen LogP contribution in [0.4, 0.5) is 0 Å². The summed E-state index contributed by atoms with van der Waals surface area (Å²) >= 11 is 0. The van der Waals surface area contributed by atoms with Crippen molar-refractivity contribution in [1.82, 2.24) is 0 Å². The van der Waals surface area contributed by atoms with Crippen LogP contribution in [0.3, 0.4) is 0 Å². The SMILES string of the molecule is CB1C(C)=CC(c2ccccc2)B(C)C(C)=C1C. The van der Waals surface area contributed by atoms with Gasteiger partial charge in [-0.25, -0.2) is 0 Å². The average molecular weight is 236 g/mol. The highest BCUT2D eigenvalue weighted by atomic mass is 14.1. The molecular weight excluding hydrogens is 214 g/mol. The standard InChI is InChI=1S/C16H22B2/c1-12-11-16(15-9-7-6-8-10-15)18(5)14(3)13(2)17(12)4/h6-11,16H,1-5H3. The molecule has 0 bridgehead atoms. The van der Waals surface area contributed by atoms with Crippen molar-refractivity contribution in [3.63, 3.8) is 0 Å².